The molecule has 3 aromatic rings. The van der Waals surface area contributed by atoms with Crippen LogP contribution in [0.4, 0.5) is 0 Å². The Bertz CT molecular complexity index is 1000. The molecule has 0 bridgehead atoms. The number of benzene rings is 1. The van der Waals surface area contributed by atoms with Gasteiger partial charge in [0.05, 0.1) is 10.0 Å². The molecule has 0 amide bonds. The summed E-state index contributed by atoms with van der Waals surface area (Å²) in [7, 11) is 0. The Balaban J connectivity index is 2.06. The number of hydrogen-bond donors (Lipinski definition) is 0. The zero-order valence-electron chi connectivity index (χ0n) is 14.6. The predicted octanol–water partition coefficient (Wildman–Crippen LogP) is 7.23. The van der Waals surface area contributed by atoms with E-state index >= 15 is 0 Å². The summed E-state index contributed by atoms with van der Waals surface area (Å²) in [5.41, 5.74) is 4.47. The number of alkyl halides is 2. The van der Waals surface area contributed by atoms with Gasteiger partial charge in [0, 0.05) is 29.0 Å². The van der Waals surface area contributed by atoms with Crippen molar-refractivity contribution in [2.75, 3.05) is 0 Å². The summed E-state index contributed by atoms with van der Waals surface area (Å²) < 4.78 is 5.90. The van der Waals surface area contributed by atoms with Crippen molar-refractivity contribution in [2.24, 2.45) is 0 Å². The van der Waals surface area contributed by atoms with Crippen LogP contribution in [-0.2, 0) is 6.61 Å². The Hall–Kier alpha value is -1.08. The number of hydrogen-bond acceptors (Lipinski definition) is 3. The van der Waals surface area contributed by atoms with Crippen molar-refractivity contribution in [1.82, 2.24) is 9.97 Å². The molecular weight excluding hydrogens is 517 g/mol. The van der Waals surface area contributed by atoms with E-state index in [0.717, 1.165) is 27.7 Å². The van der Waals surface area contributed by atoms with Gasteiger partial charge in [-0.2, -0.15) is 0 Å². The third kappa shape index (κ3) is 4.50. The van der Waals surface area contributed by atoms with Gasteiger partial charge in [0.15, 0.2) is 0 Å². The third-order valence-corrected chi connectivity index (χ3v) is 5.67. The molecule has 7 heteroatoms. The molecular formula is C20H16Cl3IN2O. The number of halogens is 4. The van der Waals surface area contributed by atoms with Crippen LogP contribution in [0, 0.1) is 6.92 Å². The van der Waals surface area contributed by atoms with Gasteiger partial charge in [0.2, 0.25) is 0 Å². The molecule has 0 spiro atoms. The molecule has 0 saturated heterocycles. The van der Waals surface area contributed by atoms with E-state index in [4.69, 9.17) is 44.5 Å². The molecule has 1 atom stereocenters. The van der Waals surface area contributed by atoms with Crippen molar-refractivity contribution >= 4 is 73.9 Å². The van der Waals surface area contributed by atoms with Gasteiger partial charge in [-0.05, 0) is 37.1 Å². The van der Waals surface area contributed by atoms with Crippen LogP contribution in [-0.4, -0.2) is 13.4 Å². The van der Waals surface area contributed by atoms with Gasteiger partial charge in [-0.3, -0.25) is 4.98 Å². The highest BCUT2D eigenvalue weighted by molar-refractivity contribution is 14.1. The first-order valence-electron chi connectivity index (χ1n) is 8.18. The van der Waals surface area contributed by atoms with Crippen molar-refractivity contribution in [3.05, 3.63) is 69.6 Å². The maximum absolute atomic E-state index is 6.38. The zero-order valence-corrected chi connectivity index (χ0v) is 19.1. The molecule has 3 nitrogen and oxygen atoms in total. The molecule has 0 N–H and O–H groups in total. The normalized spacial score (nSPS) is 13.0. The summed E-state index contributed by atoms with van der Waals surface area (Å²) in [4.78, 5) is 8.66. The molecule has 2 aromatic heterocycles. The van der Waals surface area contributed by atoms with Crippen molar-refractivity contribution < 1.29 is 4.74 Å². The minimum Gasteiger partial charge on any atom is -0.487 e. The first kappa shape index (κ1) is 20.6. The number of nitrogens with zero attached hydrogens (tertiary/aromatic N) is 2. The second-order valence-electron chi connectivity index (χ2n) is 5.88. The van der Waals surface area contributed by atoms with E-state index in [9.17, 15) is 0 Å². The lowest BCUT2D eigenvalue weighted by Crippen LogP contribution is -2.01. The summed E-state index contributed by atoms with van der Waals surface area (Å²) in [6.45, 7) is 4.17. The van der Waals surface area contributed by atoms with E-state index in [1.807, 2.05) is 44.2 Å². The van der Waals surface area contributed by atoms with E-state index < -0.39 is 0 Å². The molecule has 0 aliphatic rings. The quantitative estimate of drug-likeness (QED) is 0.256. The molecule has 3 rings (SSSR count). The summed E-state index contributed by atoms with van der Waals surface area (Å²) in [6.07, 6.45) is 5.13. The van der Waals surface area contributed by atoms with E-state index in [2.05, 4.69) is 27.6 Å². The Morgan fingerprint density at radius 1 is 1.26 bits per heavy atom. The molecule has 0 aliphatic carbocycles. The average molecular weight is 534 g/mol. The largest absolute Gasteiger partial charge is 0.487 e. The Morgan fingerprint density at radius 2 is 1.96 bits per heavy atom. The van der Waals surface area contributed by atoms with Crippen molar-refractivity contribution in [1.29, 1.82) is 0 Å². The van der Waals surface area contributed by atoms with E-state index in [1.54, 1.807) is 12.4 Å². The monoisotopic (exact) mass is 532 g/mol. The number of pyridine rings is 2. The lowest BCUT2D eigenvalue weighted by molar-refractivity contribution is 0.309. The van der Waals surface area contributed by atoms with E-state index in [1.165, 1.54) is 0 Å². The lowest BCUT2D eigenvalue weighted by Gasteiger charge is -2.15. The minimum atomic E-state index is -0.142. The van der Waals surface area contributed by atoms with E-state index in [0.29, 0.717) is 21.4 Å². The summed E-state index contributed by atoms with van der Waals surface area (Å²) in [6, 6.07) is 7.90. The summed E-state index contributed by atoms with van der Waals surface area (Å²) in [5, 5.41) is 1.93. The van der Waals surface area contributed by atoms with Crippen LogP contribution in [0.1, 0.15) is 23.7 Å². The van der Waals surface area contributed by atoms with Gasteiger partial charge >= 0.3 is 0 Å². The predicted molar refractivity (Wildman–Crippen MR) is 122 cm³/mol. The number of fused-ring (bicyclic) bond motifs is 1. The van der Waals surface area contributed by atoms with Gasteiger partial charge in [-0.25, -0.2) is 4.98 Å². The maximum atomic E-state index is 6.38. The van der Waals surface area contributed by atoms with Crippen LogP contribution in [0.25, 0.3) is 16.5 Å². The number of ether oxygens (including phenoxy) is 1. The lowest BCUT2D eigenvalue weighted by atomic mass is 10.0. The summed E-state index contributed by atoms with van der Waals surface area (Å²) >= 11 is 21.0. The number of aromatic nitrogens is 2. The van der Waals surface area contributed by atoms with Crippen LogP contribution in [0.2, 0.25) is 10.0 Å². The molecule has 1 unspecified atom stereocenters. The fourth-order valence-corrected chi connectivity index (χ4v) is 4.24. The average Bonchev–Trinajstić information content (AvgIpc) is 2.61. The van der Waals surface area contributed by atoms with Crippen LogP contribution in [0.5, 0.6) is 5.75 Å². The molecule has 1 aromatic carbocycles. The minimum absolute atomic E-state index is 0.142. The third-order valence-electron chi connectivity index (χ3n) is 4.11. The highest BCUT2D eigenvalue weighted by Crippen LogP contribution is 2.36. The van der Waals surface area contributed by atoms with E-state index in [-0.39, 0.29) is 9.99 Å². The van der Waals surface area contributed by atoms with Gasteiger partial charge in [0.1, 0.15) is 21.3 Å². The Morgan fingerprint density at radius 3 is 2.59 bits per heavy atom. The topological polar surface area (TPSA) is 35.0 Å². The fraction of sp³-hybridized carbons (Fsp3) is 0.200. The second kappa shape index (κ2) is 8.95. The molecule has 0 aliphatic heterocycles. The van der Waals surface area contributed by atoms with Crippen LogP contribution in [0.15, 0.2) is 42.7 Å². The van der Waals surface area contributed by atoms with Gasteiger partial charge < -0.3 is 4.74 Å². The smallest absolute Gasteiger partial charge is 0.146 e. The fourth-order valence-electron chi connectivity index (χ4n) is 2.83. The van der Waals surface area contributed by atoms with Crippen LogP contribution in [0.3, 0.4) is 0 Å². The molecule has 0 saturated carbocycles. The maximum Gasteiger partial charge on any atom is 0.146 e. The number of para-hydroxylation sites is 1. The SMILES string of the molecule is C/C=C(/c1cc(C)nc2c(OCc3c(Cl)cncc3Cl)cccc12)C(Cl)I. The van der Waals surface area contributed by atoms with Crippen LogP contribution >= 0.6 is 57.4 Å². The number of allylic oxidation sites excluding steroid dienone is 2. The second-order valence-corrected chi connectivity index (χ2v) is 9.11. The first-order chi connectivity index (χ1) is 12.9. The van der Waals surface area contributed by atoms with Crippen molar-refractivity contribution in [3.63, 3.8) is 0 Å². The van der Waals surface area contributed by atoms with Gasteiger partial charge in [-0.1, -0.05) is 64.0 Å². The van der Waals surface area contributed by atoms with Crippen molar-refractivity contribution in [3.8, 4) is 5.75 Å². The van der Waals surface area contributed by atoms with Crippen LogP contribution < -0.4 is 4.74 Å². The standard InChI is InChI=1S/C20H16Cl3IN2O/c1-3-12(20(23)24)14-7-11(2)26-19-13(14)5-4-6-18(19)27-10-15-16(21)8-25-9-17(15)22/h3-9,20H,10H2,1-2H3/b12-3-. The number of rotatable bonds is 5. The molecule has 0 radical (unpaired) electrons. The summed E-state index contributed by atoms with van der Waals surface area (Å²) in [5.74, 6) is 0.663. The van der Waals surface area contributed by atoms with Gasteiger partial charge in [0.25, 0.3) is 0 Å². The zero-order chi connectivity index (χ0) is 19.6. The molecule has 27 heavy (non-hydrogen) atoms. The molecule has 0 fully saturated rings. The van der Waals surface area contributed by atoms with Crippen molar-refractivity contribution in [2.45, 2.75) is 23.8 Å². The van der Waals surface area contributed by atoms with Gasteiger partial charge in [-0.15, -0.1) is 11.6 Å². The highest BCUT2D eigenvalue weighted by Gasteiger charge is 2.16. The molecule has 2 heterocycles. The Kier molecular flexibility index (Phi) is 6.84. The Labute approximate surface area is 186 Å². The first-order valence-corrected chi connectivity index (χ1v) is 10.6. The number of aryl methyl sites for hydroxylation is 1. The highest BCUT2D eigenvalue weighted by atomic mass is 127. The molecule has 140 valence electrons.